The number of carbonyl (C=O) groups excluding carboxylic acids is 3. The number of unbranched alkanes of at least 4 members (excludes halogenated alkanes) is 1. The molecule has 33 heavy (non-hydrogen) atoms. The van der Waals surface area contributed by atoms with E-state index in [2.05, 4.69) is 22.8 Å². The maximum Gasteiger partial charge on any atom is 0.407 e. The summed E-state index contributed by atoms with van der Waals surface area (Å²) in [6.45, 7) is 3.63. The molecule has 2 aromatic carbocycles. The van der Waals surface area contributed by atoms with E-state index in [1.165, 1.54) is 0 Å². The number of esters is 1. The molecule has 2 N–H and O–H groups in total. The first-order valence-corrected chi connectivity index (χ1v) is 11.1. The van der Waals surface area contributed by atoms with Gasteiger partial charge >= 0.3 is 12.1 Å². The fraction of sp³-hybridized carbons (Fsp3) is 0.400. The average Bonchev–Trinajstić information content (AvgIpc) is 3.15. The van der Waals surface area contributed by atoms with Crippen LogP contribution in [-0.2, 0) is 23.8 Å². The Morgan fingerprint density at radius 1 is 0.939 bits per heavy atom. The Bertz CT molecular complexity index is 931. The Kier molecular flexibility index (Phi) is 8.83. The van der Waals surface area contributed by atoms with E-state index in [0.29, 0.717) is 6.61 Å². The summed E-state index contributed by atoms with van der Waals surface area (Å²) in [4.78, 5) is 35.7. The highest BCUT2D eigenvalue weighted by Crippen LogP contribution is 2.44. The lowest BCUT2D eigenvalue weighted by Gasteiger charge is -2.15. The second-order valence-electron chi connectivity index (χ2n) is 7.75. The van der Waals surface area contributed by atoms with E-state index in [1.54, 1.807) is 6.92 Å². The van der Waals surface area contributed by atoms with Crippen molar-refractivity contribution in [3.8, 4) is 11.1 Å². The molecule has 3 rings (SSSR count). The van der Waals surface area contributed by atoms with Crippen LogP contribution in [0.5, 0.6) is 0 Å². The van der Waals surface area contributed by atoms with Crippen LogP contribution in [0.2, 0.25) is 0 Å². The lowest BCUT2D eigenvalue weighted by atomic mass is 9.98. The summed E-state index contributed by atoms with van der Waals surface area (Å²) >= 11 is 0. The van der Waals surface area contributed by atoms with Crippen LogP contribution in [0, 0.1) is 0 Å². The lowest BCUT2D eigenvalue weighted by molar-refractivity contribution is -0.157. The Morgan fingerprint density at radius 2 is 1.58 bits per heavy atom. The summed E-state index contributed by atoms with van der Waals surface area (Å²) in [5, 5.41) is 4.90. The Balaban J connectivity index is 1.37. The van der Waals surface area contributed by atoms with Crippen molar-refractivity contribution in [3.05, 3.63) is 59.7 Å². The molecule has 2 aromatic rings. The number of rotatable bonds is 11. The van der Waals surface area contributed by atoms with Gasteiger partial charge in [-0.05, 0) is 35.6 Å². The van der Waals surface area contributed by atoms with Crippen molar-refractivity contribution in [1.29, 1.82) is 0 Å². The number of alkyl carbamates (subject to hydrolysis) is 1. The van der Waals surface area contributed by atoms with Crippen LogP contribution in [0.3, 0.4) is 0 Å². The molecule has 1 atom stereocenters. The number of benzene rings is 2. The molecule has 1 aliphatic carbocycles. The summed E-state index contributed by atoms with van der Waals surface area (Å²) < 4.78 is 15.7. The van der Waals surface area contributed by atoms with Crippen molar-refractivity contribution < 1.29 is 28.6 Å². The summed E-state index contributed by atoms with van der Waals surface area (Å²) in [5.74, 6) is -0.992. The van der Waals surface area contributed by atoms with Crippen LogP contribution in [0.25, 0.3) is 11.1 Å². The zero-order valence-corrected chi connectivity index (χ0v) is 19.0. The molecular formula is C25H30N2O6. The second kappa shape index (κ2) is 12.0. The normalized spacial score (nSPS) is 12.9. The average molecular weight is 455 g/mol. The molecule has 8 heteroatoms. The molecule has 0 radical (unpaired) electrons. The van der Waals surface area contributed by atoms with E-state index >= 15 is 0 Å². The maximum atomic E-state index is 12.1. The summed E-state index contributed by atoms with van der Waals surface area (Å²) in [7, 11) is 0. The number of hydrogen-bond donors (Lipinski definition) is 2. The van der Waals surface area contributed by atoms with Crippen LogP contribution in [-0.4, -0.2) is 50.6 Å². The number of carbonyl (C=O) groups is 3. The standard InChI is InChI=1S/C25H30N2O6/c1-3-4-13-31-24(29)17(2)33-16-27-23(28)14-26-25(30)32-15-22-20-11-7-5-9-18(20)19-10-6-8-12-21(19)22/h5-12,17,22H,3-4,13-16H2,1-2H3,(H,26,30)(H,27,28)/t17-/m0/s1. The molecule has 0 bridgehead atoms. The van der Waals surface area contributed by atoms with Crippen molar-refractivity contribution in [2.75, 3.05) is 26.5 Å². The third kappa shape index (κ3) is 6.55. The molecular weight excluding hydrogens is 424 g/mol. The van der Waals surface area contributed by atoms with Crippen LogP contribution >= 0.6 is 0 Å². The summed E-state index contributed by atoms with van der Waals surface area (Å²) in [6.07, 6.45) is 0.240. The van der Waals surface area contributed by atoms with Crippen LogP contribution in [0.4, 0.5) is 4.79 Å². The minimum atomic E-state index is -0.794. The van der Waals surface area contributed by atoms with E-state index in [1.807, 2.05) is 43.3 Å². The summed E-state index contributed by atoms with van der Waals surface area (Å²) in [5.41, 5.74) is 4.52. The van der Waals surface area contributed by atoms with Gasteiger partial charge in [-0.2, -0.15) is 0 Å². The van der Waals surface area contributed by atoms with Gasteiger partial charge < -0.3 is 24.8 Å². The molecule has 0 fully saturated rings. The molecule has 0 heterocycles. The van der Waals surface area contributed by atoms with Gasteiger partial charge in [0, 0.05) is 5.92 Å². The third-order valence-corrected chi connectivity index (χ3v) is 5.41. The van der Waals surface area contributed by atoms with Gasteiger partial charge in [-0.3, -0.25) is 4.79 Å². The zero-order valence-electron chi connectivity index (χ0n) is 19.0. The van der Waals surface area contributed by atoms with Gasteiger partial charge in [0.15, 0.2) is 6.10 Å². The molecule has 8 nitrogen and oxygen atoms in total. The van der Waals surface area contributed by atoms with Gasteiger partial charge in [-0.15, -0.1) is 0 Å². The van der Waals surface area contributed by atoms with Crippen molar-refractivity contribution >= 4 is 18.0 Å². The Hall–Kier alpha value is -3.39. The molecule has 0 unspecified atom stereocenters. The number of fused-ring (bicyclic) bond motifs is 3. The fourth-order valence-electron chi connectivity index (χ4n) is 3.61. The minimum Gasteiger partial charge on any atom is -0.464 e. The van der Waals surface area contributed by atoms with Crippen molar-refractivity contribution in [3.63, 3.8) is 0 Å². The van der Waals surface area contributed by atoms with E-state index < -0.39 is 24.1 Å². The Labute approximate surface area is 193 Å². The highest BCUT2D eigenvalue weighted by atomic mass is 16.6. The second-order valence-corrected chi connectivity index (χ2v) is 7.75. The Morgan fingerprint density at radius 3 is 2.21 bits per heavy atom. The van der Waals surface area contributed by atoms with Gasteiger partial charge in [0.1, 0.15) is 19.9 Å². The molecule has 0 aliphatic heterocycles. The summed E-state index contributed by atoms with van der Waals surface area (Å²) in [6, 6.07) is 16.1. The smallest absolute Gasteiger partial charge is 0.407 e. The molecule has 0 saturated carbocycles. The van der Waals surface area contributed by atoms with Crippen molar-refractivity contribution in [1.82, 2.24) is 10.6 Å². The molecule has 1 aliphatic rings. The van der Waals surface area contributed by atoms with Gasteiger partial charge in [0.05, 0.1) is 6.61 Å². The van der Waals surface area contributed by atoms with Crippen LogP contribution in [0.15, 0.2) is 48.5 Å². The number of amides is 2. The molecule has 0 spiro atoms. The minimum absolute atomic E-state index is 0.0519. The van der Waals surface area contributed by atoms with Crippen LogP contribution in [0.1, 0.15) is 43.7 Å². The van der Waals surface area contributed by atoms with E-state index in [0.717, 1.165) is 35.1 Å². The van der Waals surface area contributed by atoms with Gasteiger partial charge in [-0.1, -0.05) is 61.9 Å². The first-order chi connectivity index (χ1) is 16.0. The molecule has 176 valence electrons. The van der Waals surface area contributed by atoms with Crippen molar-refractivity contribution in [2.24, 2.45) is 0 Å². The van der Waals surface area contributed by atoms with E-state index in [9.17, 15) is 14.4 Å². The monoisotopic (exact) mass is 454 g/mol. The maximum absolute atomic E-state index is 12.1. The number of ether oxygens (including phenoxy) is 3. The largest absolute Gasteiger partial charge is 0.464 e. The predicted octanol–water partition coefficient (Wildman–Crippen LogP) is 3.35. The topological polar surface area (TPSA) is 103 Å². The molecule has 0 aromatic heterocycles. The first-order valence-electron chi connectivity index (χ1n) is 11.1. The highest BCUT2D eigenvalue weighted by molar-refractivity contribution is 5.82. The lowest BCUT2D eigenvalue weighted by Crippen LogP contribution is -2.39. The third-order valence-electron chi connectivity index (χ3n) is 5.41. The van der Waals surface area contributed by atoms with Gasteiger partial charge in [0.2, 0.25) is 5.91 Å². The first kappa shape index (κ1) is 24.3. The SMILES string of the molecule is CCCCOC(=O)[C@H](C)OCNC(=O)CNC(=O)OCC1c2ccccc2-c2ccccc21. The number of nitrogens with one attached hydrogen (secondary N) is 2. The van der Waals surface area contributed by atoms with Crippen LogP contribution < -0.4 is 10.6 Å². The molecule has 2 amide bonds. The molecule has 0 saturated heterocycles. The van der Waals surface area contributed by atoms with E-state index in [-0.39, 0.29) is 25.8 Å². The zero-order chi connectivity index (χ0) is 23.6. The fourth-order valence-corrected chi connectivity index (χ4v) is 3.61. The number of hydrogen-bond acceptors (Lipinski definition) is 6. The van der Waals surface area contributed by atoms with Gasteiger partial charge in [0.25, 0.3) is 0 Å². The quantitative estimate of drug-likeness (QED) is 0.307. The highest BCUT2D eigenvalue weighted by Gasteiger charge is 2.29. The van der Waals surface area contributed by atoms with Gasteiger partial charge in [-0.25, -0.2) is 9.59 Å². The van der Waals surface area contributed by atoms with E-state index in [4.69, 9.17) is 14.2 Å². The van der Waals surface area contributed by atoms with Crippen molar-refractivity contribution in [2.45, 2.75) is 38.7 Å². The predicted molar refractivity (Wildman–Crippen MR) is 122 cm³/mol.